The van der Waals surface area contributed by atoms with Gasteiger partial charge in [0.05, 0.1) is 38.6 Å². The highest BCUT2D eigenvalue weighted by atomic mass is 35.5. The van der Waals surface area contributed by atoms with Crippen LogP contribution in [0, 0.1) is 0 Å². The maximum atomic E-state index is 12.8. The molecule has 11 heteroatoms. The van der Waals surface area contributed by atoms with Gasteiger partial charge in [-0.3, -0.25) is 10.1 Å². The van der Waals surface area contributed by atoms with Crippen molar-refractivity contribution >= 4 is 96.9 Å². The first kappa shape index (κ1) is 24.0. The zero-order valence-electron chi connectivity index (χ0n) is 16.7. The summed E-state index contributed by atoms with van der Waals surface area (Å²) in [5, 5.41) is 7.52. The van der Waals surface area contributed by atoms with Crippen LogP contribution in [0.3, 0.4) is 0 Å². The number of anilines is 1. The minimum Gasteiger partial charge on any atom is -0.494 e. The zero-order chi connectivity index (χ0) is 23.7. The lowest BCUT2D eigenvalue weighted by Gasteiger charge is -2.16. The molecule has 1 heterocycles. The lowest BCUT2D eigenvalue weighted by Crippen LogP contribution is -2.34. The first-order chi connectivity index (χ1) is 15.8. The lowest BCUT2D eigenvalue weighted by atomic mass is 10.1. The summed E-state index contributed by atoms with van der Waals surface area (Å²) >= 11 is 31.8. The number of nitrogens with one attached hydrogen (secondary N) is 2. The summed E-state index contributed by atoms with van der Waals surface area (Å²) in [7, 11) is 1.40. The Morgan fingerprint density at radius 3 is 2.45 bits per heavy atom. The van der Waals surface area contributed by atoms with E-state index in [9.17, 15) is 4.79 Å². The third-order valence-electron chi connectivity index (χ3n) is 4.50. The summed E-state index contributed by atoms with van der Waals surface area (Å²) in [6, 6.07) is 14.0. The molecule has 2 N–H and O–H groups in total. The Hall–Kier alpha value is -2.13. The first-order valence-electron chi connectivity index (χ1n) is 9.27. The molecule has 0 unspecified atom stereocenters. The van der Waals surface area contributed by atoms with Crippen LogP contribution in [0.25, 0.3) is 20.8 Å². The second kappa shape index (κ2) is 10.0. The molecular formula is C22H13Cl4N3O2S2. The van der Waals surface area contributed by atoms with Gasteiger partial charge < -0.3 is 10.1 Å². The number of halogens is 4. The van der Waals surface area contributed by atoms with Gasteiger partial charge in [0.25, 0.3) is 5.91 Å². The average molecular weight is 557 g/mol. The monoisotopic (exact) mass is 555 g/mol. The van der Waals surface area contributed by atoms with E-state index in [0.717, 1.165) is 10.2 Å². The molecule has 0 saturated heterocycles. The van der Waals surface area contributed by atoms with Crippen molar-refractivity contribution in [2.75, 3.05) is 12.4 Å². The fourth-order valence-electron chi connectivity index (χ4n) is 3.11. The van der Waals surface area contributed by atoms with E-state index >= 15 is 0 Å². The van der Waals surface area contributed by atoms with Crippen LogP contribution in [0.15, 0.2) is 48.5 Å². The van der Waals surface area contributed by atoms with Crippen LogP contribution in [0.2, 0.25) is 20.1 Å². The number of para-hydroxylation sites is 1. The molecule has 0 atom stereocenters. The number of rotatable bonds is 4. The molecule has 0 fully saturated rings. The van der Waals surface area contributed by atoms with Crippen molar-refractivity contribution in [3.63, 3.8) is 0 Å². The maximum Gasteiger partial charge on any atom is 0.261 e. The maximum absolute atomic E-state index is 12.8. The van der Waals surface area contributed by atoms with Gasteiger partial charge in [0.2, 0.25) is 0 Å². The zero-order valence-corrected chi connectivity index (χ0v) is 21.4. The molecule has 168 valence electrons. The van der Waals surface area contributed by atoms with Gasteiger partial charge in [-0.1, -0.05) is 58.5 Å². The highest BCUT2D eigenvalue weighted by Crippen LogP contribution is 2.40. The van der Waals surface area contributed by atoms with Gasteiger partial charge >= 0.3 is 0 Å². The molecule has 1 aromatic heterocycles. The molecule has 4 aromatic rings. The Labute approximate surface area is 218 Å². The van der Waals surface area contributed by atoms with Crippen LogP contribution in [0.5, 0.6) is 5.75 Å². The van der Waals surface area contributed by atoms with E-state index in [4.69, 9.17) is 63.4 Å². The highest BCUT2D eigenvalue weighted by molar-refractivity contribution is 7.80. The van der Waals surface area contributed by atoms with Gasteiger partial charge in [-0.25, -0.2) is 4.98 Å². The number of hydrogen-bond acceptors (Lipinski definition) is 5. The normalized spacial score (nSPS) is 10.8. The number of nitrogens with zero attached hydrogens (tertiary/aromatic N) is 1. The molecule has 0 bridgehead atoms. The van der Waals surface area contributed by atoms with E-state index in [1.165, 1.54) is 30.6 Å². The van der Waals surface area contributed by atoms with Crippen LogP contribution in [0.4, 0.5) is 5.69 Å². The number of carbonyl (C=O) groups excluding carboxylic acids is 1. The number of aromatic nitrogens is 1. The molecule has 0 saturated carbocycles. The van der Waals surface area contributed by atoms with E-state index in [-0.39, 0.29) is 26.5 Å². The third kappa shape index (κ3) is 5.19. The molecule has 0 aliphatic carbocycles. The van der Waals surface area contributed by atoms with Gasteiger partial charge in [-0.15, -0.1) is 11.3 Å². The highest BCUT2D eigenvalue weighted by Gasteiger charge is 2.20. The van der Waals surface area contributed by atoms with Crippen LogP contribution >= 0.6 is 70.0 Å². The smallest absolute Gasteiger partial charge is 0.261 e. The van der Waals surface area contributed by atoms with E-state index in [1.54, 1.807) is 12.1 Å². The van der Waals surface area contributed by atoms with Crippen LogP contribution in [0.1, 0.15) is 10.4 Å². The largest absolute Gasteiger partial charge is 0.494 e. The fraction of sp³-hybridized carbons (Fsp3) is 0.0455. The van der Waals surface area contributed by atoms with Crippen LogP contribution in [-0.4, -0.2) is 23.1 Å². The molecule has 5 nitrogen and oxygen atoms in total. The minimum absolute atomic E-state index is 0.00438. The predicted molar refractivity (Wildman–Crippen MR) is 142 cm³/mol. The van der Waals surface area contributed by atoms with Gasteiger partial charge in [-0.2, -0.15) is 0 Å². The Balaban J connectivity index is 1.64. The van der Waals surface area contributed by atoms with E-state index in [2.05, 4.69) is 15.6 Å². The fourth-order valence-corrected chi connectivity index (χ4v) is 5.40. The van der Waals surface area contributed by atoms with Crippen molar-refractivity contribution in [3.05, 3.63) is 74.2 Å². The second-order valence-corrected chi connectivity index (χ2v) is 9.80. The van der Waals surface area contributed by atoms with Crippen molar-refractivity contribution in [1.82, 2.24) is 10.3 Å². The van der Waals surface area contributed by atoms with Gasteiger partial charge in [0, 0.05) is 15.6 Å². The van der Waals surface area contributed by atoms with E-state index < -0.39 is 5.91 Å². The van der Waals surface area contributed by atoms with Crippen molar-refractivity contribution in [3.8, 4) is 16.3 Å². The van der Waals surface area contributed by atoms with Gasteiger partial charge in [0.15, 0.2) is 5.11 Å². The van der Waals surface area contributed by atoms with Gasteiger partial charge in [-0.05, 0) is 48.6 Å². The Morgan fingerprint density at radius 2 is 1.73 bits per heavy atom. The summed E-state index contributed by atoms with van der Waals surface area (Å²) < 4.78 is 6.24. The molecule has 3 aromatic carbocycles. The molecule has 0 aliphatic heterocycles. The lowest BCUT2D eigenvalue weighted by molar-refractivity contribution is 0.0975. The second-order valence-electron chi connectivity index (χ2n) is 6.67. The Morgan fingerprint density at radius 1 is 1.03 bits per heavy atom. The Bertz CT molecular complexity index is 1380. The summed E-state index contributed by atoms with van der Waals surface area (Å²) in [6.45, 7) is 0. The number of benzene rings is 3. The van der Waals surface area contributed by atoms with Crippen LogP contribution in [-0.2, 0) is 0 Å². The summed E-state index contributed by atoms with van der Waals surface area (Å²) in [5.74, 6) is -0.374. The predicted octanol–water partition coefficient (Wildman–Crippen LogP) is 7.71. The number of thiazole rings is 1. The van der Waals surface area contributed by atoms with Crippen molar-refractivity contribution < 1.29 is 9.53 Å². The topological polar surface area (TPSA) is 63.2 Å². The number of methoxy groups -OCH3 is 1. The Kier molecular flexibility index (Phi) is 7.28. The average Bonchev–Trinajstić information content (AvgIpc) is 3.19. The van der Waals surface area contributed by atoms with Gasteiger partial charge in [0.1, 0.15) is 10.8 Å². The molecule has 0 spiro atoms. The number of carbonyl (C=O) groups is 1. The molecular weight excluding hydrogens is 544 g/mol. The SMILES string of the molecule is COc1c(Cl)cc(Cl)cc1C(=O)NC(=S)Nc1c(Cl)cc(Cl)cc1-c1nc2ccccc2s1. The number of fused-ring (bicyclic) bond motifs is 1. The van der Waals surface area contributed by atoms with E-state index in [1.807, 2.05) is 24.3 Å². The quantitative estimate of drug-likeness (QED) is 0.252. The molecule has 33 heavy (non-hydrogen) atoms. The summed E-state index contributed by atoms with van der Waals surface area (Å²) in [5.41, 5.74) is 2.09. The molecule has 0 radical (unpaired) electrons. The van der Waals surface area contributed by atoms with Crippen molar-refractivity contribution in [2.45, 2.75) is 0 Å². The minimum atomic E-state index is -0.555. The molecule has 0 aliphatic rings. The molecule has 4 rings (SSSR count). The number of hydrogen-bond donors (Lipinski definition) is 2. The molecule has 1 amide bonds. The standard InChI is InChI=1S/C22H13Cl4N3O2S2/c1-31-19-13(7-11(24)9-15(19)26)20(30)29-22(32)28-18-12(6-10(23)8-14(18)25)21-27-16-4-2-3-5-17(16)33-21/h2-9H,1H3,(H2,28,29,30,32). The number of amides is 1. The first-order valence-corrected chi connectivity index (χ1v) is 12.0. The summed E-state index contributed by atoms with van der Waals surface area (Å²) in [6.07, 6.45) is 0. The third-order valence-corrected chi connectivity index (χ3v) is 6.79. The van der Waals surface area contributed by atoms with Crippen molar-refractivity contribution in [2.24, 2.45) is 0 Å². The van der Waals surface area contributed by atoms with E-state index in [0.29, 0.717) is 26.3 Å². The number of ether oxygens (including phenoxy) is 1. The van der Waals surface area contributed by atoms with Crippen LogP contribution < -0.4 is 15.4 Å². The van der Waals surface area contributed by atoms with Crippen molar-refractivity contribution in [1.29, 1.82) is 0 Å². The summed E-state index contributed by atoms with van der Waals surface area (Å²) in [4.78, 5) is 17.5. The number of thiocarbonyl (C=S) groups is 1.